The second kappa shape index (κ2) is 9.99. The number of hydrogen-bond acceptors (Lipinski definition) is 7. The van der Waals surface area contributed by atoms with Crippen LogP contribution in [0.3, 0.4) is 0 Å². The van der Waals surface area contributed by atoms with Crippen LogP contribution in [0.4, 0.5) is 11.8 Å². The van der Waals surface area contributed by atoms with E-state index in [4.69, 9.17) is 23.2 Å². The molecule has 13 heteroatoms. The third-order valence-corrected chi connectivity index (χ3v) is 6.98. The monoisotopic (exact) mass is 555 g/mol. The zero-order chi connectivity index (χ0) is 27.1. The number of carbonyl (C=O) groups excluding carboxylic acids is 1. The Labute approximate surface area is 225 Å². The maximum absolute atomic E-state index is 13.5. The van der Waals surface area contributed by atoms with Gasteiger partial charge in [-0.1, -0.05) is 29.3 Å². The molecule has 1 aromatic carbocycles. The predicted octanol–water partition coefficient (Wildman–Crippen LogP) is 3.51. The highest BCUT2D eigenvalue weighted by Gasteiger charge is 2.20. The standard InChI is InChI=1S/C25H23Cl2N7O4/c1-32-21-22(31-24(32)30-19-9-7-16(27)18(29-19)8-10-20(35)38-3)33(2)25(37)34(23(21)36)12-13-11-14-15(26)5-4-6-17(14)28-13/h4-7,9,11,28H,8,10,12H2,1-3H3,(H,29,30,31). The van der Waals surface area contributed by atoms with Crippen molar-refractivity contribution in [1.82, 2.24) is 28.7 Å². The van der Waals surface area contributed by atoms with Gasteiger partial charge in [0, 0.05) is 42.1 Å². The minimum Gasteiger partial charge on any atom is -0.469 e. The number of anilines is 2. The van der Waals surface area contributed by atoms with Crippen LogP contribution >= 0.6 is 23.2 Å². The third-order valence-electron chi connectivity index (χ3n) is 6.31. The average Bonchev–Trinajstić information content (AvgIpc) is 3.47. The number of esters is 1. The Morgan fingerprint density at radius 2 is 1.87 bits per heavy atom. The van der Waals surface area contributed by atoms with Crippen molar-refractivity contribution in [3.05, 3.63) is 78.7 Å². The number of methoxy groups -OCH3 is 1. The van der Waals surface area contributed by atoms with Gasteiger partial charge in [0.2, 0.25) is 5.95 Å². The Morgan fingerprint density at radius 1 is 1.08 bits per heavy atom. The van der Waals surface area contributed by atoms with Crippen LogP contribution in [-0.2, 0) is 36.6 Å². The van der Waals surface area contributed by atoms with Gasteiger partial charge in [-0.25, -0.2) is 9.78 Å². The highest BCUT2D eigenvalue weighted by atomic mass is 35.5. The van der Waals surface area contributed by atoms with E-state index < -0.39 is 11.2 Å². The van der Waals surface area contributed by atoms with Crippen molar-refractivity contribution in [2.24, 2.45) is 14.1 Å². The smallest absolute Gasteiger partial charge is 0.332 e. The number of carbonyl (C=O) groups is 1. The molecule has 0 radical (unpaired) electrons. The SMILES string of the molecule is COC(=O)CCc1nc(Nc2nc3c(c(=O)n(Cc4cc5c(Cl)cccc5[nH]4)c(=O)n3C)n2C)ccc1Cl. The first-order valence-electron chi connectivity index (χ1n) is 11.6. The van der Waals surface area contributed by atoms with E-state index in [-0.39, 0.29) is 30.1 Å². The molecule has 0 saturated carbocycles. The zero-order valence-electron chi connectivity index (χ0n) is 20.7. The van der Waals surface area contributed by atoms with E-state index in [2.05, 4.69) is 25.0 Å². The molecule has 0 atom stereocenters. The van der Waals surface area contributed by atoms with Crippen molar-refractivity contribution in [3.63, 3.8) is 0 Å². The number of rotatable bonds is 7. The number of nitrogens with one attached hydrogen (secondary N) is 2. The topological polar surface area (TPSA) is 129 Å². The lowest BCUT2D eigenvalue weighted by molar-refractivity contribution is -0.140. The second-order valence-electron chi connectivity index (χ2n) is 8.72. The largest absolute Gasteiger partial charge is 0.469 e. The molecule has 0 aliphatic heterocycles. The Kier molecular flexibility index (Phi) is 6.72. The molecule has 0 amide bonds. The fourth-order valence-corrected chi connectivity index (χ4v) is 4.72. The number of pyridine rings is 1. The van der Waals surface area contributed by atoms with Gasteiger partial charge in [0.15, 0.2) is 11.2 Å². The molecule has 4 aromatic heterocycles. The molecule has 0 saturated heterocycles. The number of aromatic amines is 1. The van der Waals surface area contributed by atoms with Crippen LogP contribution in [0.1, 0.15) is 17.8 Å². The molecule has 0 bridgehead atoms. The molecule has 0 spiro atoms. The summed E-state index contributed by atoms with van der Waals surface area (Å²) in [5, 5.41) is 4.87. The van der Waals surface area contributed by atoms with Crippen LogP contribution in [0.2, 0.25) is 10.0 Å². The summed E-state index contributed by atoms with van der Waals surface area (Å²) in [7, 11) is 4.55. The van der Waals surface area contributed by atoms with Crippen molar-refractivity contribution >= 4 is 63.0 Å². The molecule has 0 aliphatic rings. The molecule has 2 N–H and O–H groups in total. The van der Waals surface area contributed by atoms with Crippen molar-refractivity contribution in [3.8, 4) is 0 Å². The number of benzene rings is 1. The van der Waals surface area contributed by atoms with Gasteiger partial charge in [-0.2, -0.15) is 4.98 Å². The maximum atomic E-state index is 13.5. The van der Waals surface area contributed by atoms with Crippen LogP contribution in [0.15, 0.2) is 46.0 Å². The van der Waals surface area contributed by atoms with E-state index in [9.17, 15) is 14.4 Å². The van der Waals surface area contributed by atoms with Gasteiger partial charge in [-0.15, -0.1) is 0 Å². The summed E-state index contributed by atoms with van der Waals surface area (Å²) < 4.78 is 8.73. The first-order chi connectivity index (χ1) is 18.2. The predicted molar refractivity (Wildman–Crippen MR) is 145 cm³/mol. The summed E-state index contributed by atoms with van der Waals surface area (Å²) in [6, 6.07) is 10.6. The normalized spacial score (nSPS) is 11.4. The molecule has 5 aromatic rings. The minimum absolute atomic E-state index is 0.0304. The first kappa shape index (κ1) is 25.6. The summed E-state index contributed by atoms with van der Waals surface area (Å²) in [4.78, 5) is 50.4. The average molecular weight is 556 g/mol. The van der Waals surface area contributed by atoms with E-state index in [1.165, 1.54) is 11.7 Å². The number of ether oxygens (including phenoxy) is 1. The Hall–Kier alpha value is -4.09. The number of nitrogens with zero attached hydrogens (tertiary/aromatic N) is 5. The molecule has 0 unspecified atom stereocenters. The van der Waals surface area contributed by atoms with E-state index in [1.54, 1.807) is 36.9 Å². The van der Waals surface area contributed by atoms with Gasteiger partial charge in [0.05, 0.1) is 30.8 Å². The van der Waals surface area contributed by atoms with Crippen molar-refractivity contribution in [2.45, 2.75) is 19.4 Å². The number of aromatic nitrogens is 6. The molecule has 0 fully saturated rings. The molecule has 5 rings (SSSR count). The Morgan fingerprint density at radius 3 is 2.61 bits per heavy atom. The second-order valence-corrected chi connectivity index (χ2v) is 9.54. The highest BCUT2D eigenvalue weighted by molar-refractivity contribution is 6.35. The molecule has 0 aliphatic carbocycles. The van der Waals surface area contributed by atoms with E-state index in [0.717, 1.165) is 15.5 Å². The molecule has 38 heavy (non-hydrogen) atoms. The van der Waals surface area contributed by atoms with E-state index in [0.29, 0.717) is 39.6 Å². The lowest BCUT2D eigenvalue weighted by Crippen LogP contribution is -2.39. The minimum atomic E-state index is -0.508. The van der Waals surface area contributed by atoms with Crippen molar-refractivity contribution in [1.29, 1.82) is 0 Å². The van der Waals surface area contributed by atoms with Crippen LogP contribution < -0.4 is 16.6 Å². The summed E-state index contributed by atoms with van der Waals surface area (Å²) in [6.45, 7) is 0.0304. The van der Waals surface area contributed by atoms with Gasteiger partial charge in [0.1, 0.15) is 5.82 Å². The van der Waals surface area contributed by atoms with Crippen LogP contribution in [0.25, 0.3) is 22.1 Å². The van der Waals surface area contributed by atoms with Gasteiger partial charge in [0.25, 0.3) is 5.56 Å². The van der Waals surface area contributed by atoms with E-state index in [1.807, 2.05) is 18.2 Å². The zero-order valence-corrected chi connectivity index (χ0v) is 22.2. The quantitative estimate of drug-likeness (QED) is 0.294. The first-order valence-corrected chi connectivity index (χ1v) is 12.3. The molecular formula is C25H23Cl2N7O4. The fraction of sp³-hybridized carbons (Fsp3) is 0.240. The summed E-state index contributed by atoms with van der Waals surface area (Å²) in [5.74, 6) is 0.341. The number of H-pyrrole nitrogens is 1. The molecule has 4 heterocycles. The van der Waals surface area contributed by atoms with Crippen LogP contribution in [0, 0.1) is 0 Å². The van der Waals surface area contributed by atoms with Crippen LogP contribution in [-0.4, -0.2) is 41.7 Å². The molecule has 196 valence electrons. The van der Waals surface area contributed by atoms with Gasteiger partial charge in [-0.3, -0.25) is 18.7 Å². The van der Waals surface area contributed by atoms with Gasteiger partial charge in [-0.05, 0) is 30.3 Å². The molecular weight excluding hydrogens is 533 g/mol. The van der Waals surface area contributed by atoms with E-state index >= 15 is 0 Å². The highest BCUT2D eigenvalue weighted by Crippen LogP contribution is 2.25. The lowest BCUT2D eigenvalue weighted by Gasteiger charge is -2.09. The summed E-state index contributed by atoms with van der Waals surface area (Å²) in [5.41, 5.74) is 1.45. The maximum Gasteiger partial charge on any atom is 0.332 e. The van der Waals surface area contributed by atoms with Crippen molar-refractivity contribution < 1.29 is 9.53 Å². The summed E-state index contributed by atoms with van der Waals surface area (Å²) >= 11 is 12.5. The number of aryl methyl sites for hydroxylation is 3. The Bertz CT molecular complexity index is 1830. The fourth-order valence-electron chi connectivity index (χ4n) is 4.29. The number of fused-ring (bicyclic) bond motifs is 2. The van der Waals surface area contributed by atoms with Gasteiger partial charge < -0.3 is 19.6 Å². The summed E-state index contributed by atoms with van der Waals surface area (Å²) in [6.07, 6.45) is 0.422. The number of imidazole rings is 1. The van der Waals surface area contributed by atoms with Gasteiger partial charge >= 0.3 is 11.7 Å². The molecule has 11 nitrogen and oxygen atoms in total. The van der Waals surface area contributed by atoms with Crippen molar-refractivity contribution in [2.75, 3.05) is 12.4 Å². The van der Waals surface area contributed by atoms with Crippen LogP contribution in [0.5, 0.6) is 0 Å². The Balaban J connectivity index is 1.51. The number of hydrogen-bond donors (Lipinski definition) is 2. The lowest BCUT2D eigenvalue weighted by atomic mass is 10.2. The third kappa shape index (κ3) is 4.54. The number of halogens is 2.